The molecule has 114 valence electrons. The van der Waals surface area contributed by atoms with Gasteiger partial charge in [-0.1, -0.05) is 6.92 Å². The van der Waals surface area contributed by atoms with Crippen molar-refractivity contribution in [1.29, 1.82) is 0 Å². The summed E-state index contributed by atoms with van der Waals surface area (Å²) >= 11 is 0. The van der Waals surface area contributed by atoms with Gasteiger partial charge in [0, 0.05) is 0 Å². The van der Waals surface area contributed by atoms with Gasteiger partial charge >= 0.3 is 21.6 Å². The Hall–Kier alpha value is 0.0600. The molecule has 12 nitrogen and oxygen atoms in total. The normalized spacial score (nSPS) is 13.7. The van der Waals surface area contributed by atoms with E-state index in [0.29, 0.717) is 0 Å². The molecule has 14 heteroatoms. The molecule has 0 aliphatic carbocycles. The standard InChI is InChI=1S/C4H10O4.2H3O4P/c1-2-3(5)4(6,7)8;2*1-5(2,3)4/h3,5-8H,2H2,1H3;2*(H3,1,2,3,4). The van der Waals surface area contributed by atoms with Crippen molar-refractivity contribution in [3.05, 3.63) is 0 Å². The number of phosphoric acid groups is 2. The quantitative estimate of drug-likeness (QED) is 0.176. The summed E-state index contributed by atoms with van der Waals surface area (Å²) in [4.78, 5) is 43.1. The Balaban J connectivity index is -0.000000197. The van der Waals surface area contributed by atoms with Crippen LogP contribution in [-0.2, 0) is 9.13 Å². The third kappa shape index (κ3) is 56.1. The van der Waals surface area contributed by atoms with E-state index in [0.717, 1.165) is 0 Å². The first-order valence-electron chi connectivity index (χ1n) is 3.90. The number of aliphatic hydroxyl groups excluding tert-OH is 1. The highest BCUT2D eigenvalue weighted by Gasteiger charge is 2.27. The third-order valence-electron chi connectivity index (χ3n) is 0.834. The lowest BCUT2D eigenvalue weighted by atomic mass is 10.2. The second-order valence-electron chi connectivity index (χ2n) is 2.64. The van der Waals surface area contributed by atoms with Gasteiger partial charge in [0.1, 0.15) is 6.10 Å². The largest absolute Gasteiger partial charge is 0.466 e. The van der Waals surface area contributed by atoms with Gasteiger partial charge in [-0.05, 0) is 6.42 Å². The van der Waals surface area contributed by atoms with Gasteiger partial charge in [-0.3, -0.25) is 0 Å². The molecular weight excluding hydrogens is 302 g/mol. The Morgan fingerprint density at radius 2 is 1.06 bits per heavy atom. The second-order valence-corrected chi connectivity index (χ2v) is 4.69. The first-order valence-corrected chi connectivity index (χ1v) is 7.03. The van der Waals surface area contributed by atoms with E-state index in [-0.39, 0.29) is 6.42 Å². The van der Waals surface area contributed by atoms with Crippen LogP contribution in [0.4, 0.5) is 0 Å². The zero-order valence-electron chi connectivity index (χ0n) is 8.97. The van der Waals surface area contributed by atoms with Gasteiger partial charge in [-0.2, -0.15) is 0 Å². The van der Waals surface area contributed by atoms with Crippen molar-refractivity contribution in [2.75, 3.05) is 0 Å². The number of rotatable bonds is 2. The zero-order chi connectivity index (χ0) is 15.8. The highest BCUT2D eigenvalue weighted by atomic mass is 31.2. The summed E-state index contributed by atoms with van der Waals surface area (Å²) in [6.45, 7) is 1.52. The molecule has 0 rings (SSSR count). The molecule has 0 radical (unpaired) electrons. The maximum Gasteiger partial charge on any atom is 0.466 e. The minimum atomic E-state index is -4.64. The molecule has 1 unspecified atom stereocenters. The van der Waals surface area contributed by atoms with Crippen molar-refractivity contribution in [3.63, 3.8) is 0 Å². The smallest absolute Gasteiger partial charge is 0.385 e. The Kier molecular flexibility index (Phi) is 11.6. The molecule has 0 aromatic rings. The number of hydrogen-bond donors (Lipinski definition) is 10. The Morgan fingerprint density at radius 1 is 0.889 bits per heavy atom. The first-order chi connectivity index (χ1) is 7.48. The fourth-order valence-electron chi connectivity index (χ4n) is 0.274. The minimum Gasteiger partial charge on any atom is -0.385 e. The van der Waals surface area contributed by atoms with Crippen molar-refractivity contribution in [1.82, 2.24) is 0 Å². The lowest BCUT2D eigenvalue weighted by Gasteiger charge is -2.18. The lowest BCUT2D eigenvalue weighted by Crippen LogP contribution is -2.41. The fourth-order valence-corrected chi connectivity index (χ4v) is 0.274. The van der Waals surface area contributed by atoms with Crippen LogP contribution >= 0.6 is 15.6 Å². The van der Waals surface area contributed by atoms with E-state index in [9.17, 15) is 0 Å². The van der Waals surface area contributed by atoms with E-state index in [4.69, 9.17) is 58.9 Å². The van der Waals surface area contributed by atoms with Gasteiger partial charge in [-0.25, -0.2) is 9.13 Å². The third-order valence-corrected chi connectivity index (χ3v) is 0.834. The van der Waals surface area contributed by atoms with Gasteiger partial charge in [-0.15, -0.1) is 0 Å². The molecular formula is C4H16O12P2. The van der Waals surface area contributed by atoms with Crippen molar-refractivity contribution >= 4 is 15.6 Å². The first kappa shape index (κ1) is 23.2. The molecule has 0 spiro atoms. The van der Waals surface area contributed by atoms with Crippen LogP contribution in [0.5, 0.6) is 0 Å². The summed E-state index contributed by atoms with van der Waals surface area (Å²) in [6.07, 6.45) is -1.38. The maximum absolute atomic E-state index is 8.88. The average Bonchev–Trinajstić information content (AvgIpc) is 1.94. The molecule has 0 heterocycles. The van der Waals surface area contributed by atoms with Crippen molar-refractivity contribution in [2.24, 2.45) is 0 Å². The lowest BCUT2D eigenvalue weighted by molar-refractivity contribution is -0.354. The summed E-state index contributed by atoms with van der Waals surface area (Å²) < 4.78 is 17.8. The van der Waals surface area contributed by atoms with Crippen LogP contribution in [0.2, 0.25) is 0 Å². The minimum absolute atomic E-state index is 0.101. The predicted molar refractivity (Wildman–Crippen MR) is 54.2 cm³/mol. The highest BCUT2D eigenvalue weighted by Crippen LogP contribution is 2.26. The predicted octanol–water partition coefficient (Wildman–Crippen LogP) is -3.47. The van der Waals surface area contributed by atoms with Gasteiger partial charge in [0.05, 0.1) is 0 Å². The molecule has 0 fully saturated rings. The Morgan fingerprint density at radius 3 is 1.06 bits per heavy atom. The van der Waals surface area contributed by atoms with Crippen molar-refractivity contribution < 1.29 is 58.9 Å². The van der Waals surface area contributed by atoms with Gasteiger partial charge in [0.15, 0.2) is 0 Å². The summed E-state index contributed by atoms with van der Waals surface area (Å²) in [5.41, 5.74) is 0. The van der Waals surface area contributed by atoms with E-state index < -0.39 is 27.7 Å². The molecule has 18 heavy (non-hydrogen) atoms. The molecule has 0 bridgehead atoms. The van der Waals surface area contributed by atoms with Crippen molar-refractivity contribution in [3.8, 4) is 0 Å². The zero-order valence-corrected chi connectivity index (χ0v) is 10.8. The molecule has 0 saturated heterocycles. The Labute approximate surface area is 101 Å². The van der Waals surface area contributed by atoms with Crippen LogP contribution in [-0.4, -0.2) is 61.9 Å². The SMILES string of the molecule is CCC(O)C(O)(O)O.O=P(O)(O)O.O=P(O)(O)O. The number of aliphatic hydroxyl groups is 4. The van der Waals surface area contributed by atoms with Crippen LogP contribution in [0.25, 0.3) is 0 Å². The number of hydrogen-bond acceptors (Lipinski definition) is 6. The average molecular weight is 318 g/mol. The van der Waals surface area contributed by atoms with Gasteiger partial charge in [0.25, 0.3) is 0 Å². The topological polar surface area (TPSA) is 236 Å². The summed E-state index contributed by atoms with van der Waals surface area (Å²) in [6, 6.07) is 0. The molecule has 10 N–H and O–H groups in total. The van der Waals surface area contributed by atoms with E-state index >= 15 is 0 Å². The van der Waals surface area contributed by atoms with Crippen LogP contribution in [0.15, 0.2) is 0 Å². The maximum atomic E-state index is 8.88. The molecule has 0 saturated carbocycles. The van der Waals surface area contributed by atoms with Crippen LogP contribution < -0.4 is 0 Å². The molecule has 0 aliphatic heterocycles. The van der Waals surface area contributed by atoms with E-state index in [1.165, 1.54) is 6.92 Å². The van der Waals surface area contributed by atoms with E-state index in [2.05, 4.69) is 0 Å². The van der Waals surface area contributed by atoms with Gasteiger partial charge < -0.3 is 49.8 Å². The molecule has 0 aromatic carbocycles. The van der Waals surface area contributed by atoms with E-state index in [1.807, 2.05) is 0 Å². The molecule has 0 aromatic heterocycles. The van der Waals surface area contributed by atoms with Crippen molar-refractivity contribution in [2.45, 2.75) is 25.4 Å². The monoisotopic (exact) mass is 318 g/mol. The van der Waals surface area contributed by atoms with Crippen LogP contribution in [0.3, 0.4) is 0 Å². The molecule has 0 aliphatic rings. The molecule has 1 atom stereocenters. The van der Waals surface area contributed by atoms with Crippen LogP contribution in [0.1, 0.15) is 13.3 Å². The summed E-state index contributed by atoms with van der Waals surface area (Å²) in [5, 5.41) is 32.9. The van der Waals surface area contributed by atoms with Crippen LogP contribution in [0, 0.1) is 0 Å². The Bertz CT molecular complexity index is 246. The fraction of sp³-hybridized carbons (Fsp3) is 1.00. The summed E-state index contributed by atoms with van der Waals surface area (Å²) in [5.74, 6) is -2.94. The molecule has 0 amide bonds. The van der Waals surface area contributed by atoms with Gasteiger partial charge in [0.2, 0.25) is 0 Å². The van der Waals surface area contributed by atoms with E-state index in [1.54, 1.807) is 0 Å². The highest BCUT2D eigenvalue weighted by molar-refractivity contribution is 7.45. The second kappa shape index (κ2) is 9.04. The summed E-state index contributed by atoms with van der Waals surface area (Å²) in [7, 11) is -9.28.